The summed E-state index contributed by atoms with van der Waals surface area (Å²) >= 11 is -0.972. The van der Waals surface area contributed by atoms with Crippen molar-refractivity contribution in [1.29, 1.82) is 0 Å². The van der Waals surface area contributed by atoms with Crippen LogP contribution in [-0.2, 0) is 11.2 Å². The van der Waals surface area contributed by atoms with E-state index in [0.29, 0.717) is 12.3 Å². The summed E-state index contributed by atoms with van der Waals surface area (Å²) in [4.78, 5) is 3.01. The van der Waals surface area contributed by atoms with Gasteiger partial charge in [0.1, 0.15) is 24.7 Å². The van der Waals surface area contributed by atoms with Gasteiger partial charge in [-0.05, 0) is 35.4 Å². The van der Waals surface area contributed by atoms with Crippen molar-refractivity contribution in [2.75, 3.05) is 45.6 Å². The first-order valence-corrected chi connectivity index (χ1v) is 8.38. The zero-order chi connectivity index (χ0) is 14.4. The Labute approximate surface area is 123 Å². The van der Waals surface area contributed by atoms with Crippen molar-refractivity contribution in [2.45, 2.75) is 11.0 Å². The van der Waals surface area contributed by atoms with Gasteiger partial charge >= 0.3 is 0 Å². The van der Waals surface area contributed by atoms with Gasteiger partial charge in [-0.15, -0.1) is 0 Å². The molecule has 0 aromatic heterocycles. The third-order valence-corrected chi connectivity index (χ3v) is 4.21. The van der Waals surface area contributed by atoms with Crippen molar-refractivity contribution < 1.29 is 14.4 Å². The molecule has 0 aliphatic carbocycles. The van der Waals surface area contributed by atoms with E-state index in [1.54, 1.807) is 30.5 Å². The monoisotopic (exact) mass is 298 g/mol. The van der Waals surface area contributed by atoms with Gasteiger partial charge in [-0.3, -0.25) is 4.90 Å². The number of nitrogens with one attached hydrogen (secondary N) is 1. The van der Waals surface area contributed by atoms with E-state index in [1.807, 2.05) is 0 Å². The highest BCUT2D eigenvalue weighted by molar-refractivity contribution is 7.90. The third kappa shape index (κ3) is 4.96. The summed E-state index contributed by atoms with van der Waals surface area (Å²) in [7, 11) is 0. The molecule has 1 saturated heterocycles. The van der Waals surface area contributed by atoms with Crippen LogP contribution in [0.5, 0.6) is 5.75 Å². The first-order valence-electron chi connectivity index (χ1n) is 6.82. The smallest absolute Gasteiger partial charge is 0.152 e. The fourth-order valence-corrected chi connectivity index (χ4v) is 2.68. The van der Waals surface area contributed by atoms with Crippen LogP contribution in [0.4, 0.5) is 0 Å². The topological polar surface area (TPSA) is 67.8 Å². The summed E-state index contributed by atoms with van der Waals surface area (Å²) in [6.45, 7) is 4.80. The second-order valence-corrected chi connectivity index (χ2v) is 6.32. The van der Waals surface area contributed by atoms with E-state index in [4.69, 9.17) is 4.74 Å². The van der Waals surface area contributed by atoms with Gasteiger partial charge < -0.3 is 19.7 Å². The van der Waals surface area contributed by atoms with E-state index < -0.39 is 17.3 Å². The van der Waals surface area contributed by atoms with Crippen molar-refractivity contribution in [1.82, 2.24) is 10.2 Å². The Bertz CT molecular complexity index is 394. The minimum Gasteiger partial charge on any atom is -0.612 e. The van der Waals surface area contributed by atoms with Crippen molar-refractivity contribution in [3.63, 3.8) is 0 Å². The molecule has 1 fully saturated rings. The van der Waals surface area contributed by atoms with Crippen LogP contribution in [0, 0.1) is 0 Å². The second kappa shape index (κ2) is 7.85. The highest BCUT2D eigenvalue weighted by Crippen LogP contribution is 2.16. The van der Waals surface area contributed by atoms with Gasteiger partial charge in [0.25, 0.3) is 0 Å². The Kier molecular flexibility index (Phi) is 6.12. The molecule has 112 valence electrons. The average Bonchev–Trinajstić information content (AvgIpc) is 2.46. The Morgan fingerprint density at radius 3 is 2.60 bits per heavy atom. The molecular formula is C14H22N2O3S. The molecule has 1 aliphatic heterocycles. The highest BCUT2D eigenvalue weighted by Gasteiger charge is 2.14. The maximum Gasteiger partial charge on any atom is 0.152 e. The maximum atomic E-state index is 11.3. The largest absolute Gasteiger partial charge is 0.612 e. The number of hydrogen-bond acceptors (Lipinski definition) is 5. The van der Waals surface area contributed by atoms with Crippen LogP contribution in [0.15, 0.2) is 29.2 Å². The van der Waals surface area contributed by atoms with Gasteiger partial charge in [-0.25, -0.2) is 0 Å². The molecule has 2 atom stereocenters. The lowest BCUT2D eigenvalue weighted by molar-refractivity contribution is 0.0641. The second-order valence-electron chi connectivity index (χ2n) is 4.94. The first kappa shape index (κ1) is 15.6. The standard InChI is InChI=1S/C14H22N2O3S/c1-20(18)14-4-2-13(3-5-14)19-11-12(17)10-16-8-6-15-7-9-16/h2-5,12,15,17H,6-11H2,1H3. The molecule has 0 radical (unpaired) electrons. The quantitative estimate of drug-likeness (QED) is 0.728. The van der Waals surface area contributed by atoms with Crippen LogP contribution >= 0.6 is 0 Å². The van der Waals surface area contributed by atoms with Crippen LogP contribution in [0.1, 0.15) is 0 Å². The number of rotatable bonds is 6. The molecule has 2 rings (SSSR count). The zero-order valence-electron chi connectivity index (χ0n) is 11.7. The molecule has 0 amide bonds. The summed E-state index contributed by atoms with van der Waals surface area (Å²) in [5.74, 6) is 0.693. The SMILES string of the molecule is C[S+]([O-])c1ccc(OCC(O)CN2CCNCC2)cc1. The van der Waals surface area contributed by atoms with Gasteiger partial charge in [-0.2, -0.15) is 0 Å². The number of piperazine rings is 1. The maximum absolute atomic E-state index is 11.3. The summed E-state index contributed by atoms with van der Waals surface area (Å²) in [6, 6.07) is 7.14. The molecule has 2 N–H and O–H groups in total. The molecule has 1 heterocycles. The van der Waals surface area contributed by atoms with E-state index in [2.05, 4.69) is 10.2 Å². The number of aliphatic hydroxyl groups is 1. The van der Waals surface area contributed by atoms with Crippen LogP contribution in [0.25, 0.3) is 0 Å². The third-order valence-electron chi connectivity index (χ3n) is 3.28. The van der Waals surface area contributed by atoms with E-state index in [9.17, 15) is 9.66 Å². The fourth-order valence-electron chi connectivity index (χ4n) is 2.16. The summed E-state index contributed by atoms with van der Waals surface area (Å²) < 4.78 is 16.8. The van der Waals surface area contributed by atoms with Crippen molar-refractivity contribution >= 4 is 11.2 Å². The lowest BCUT2D eigenvalue weighted by Gasteiger charge is -2.29. The lowest BCUT2D eigenvalue weighted by Crippen LogP contribution is -2.47. The molecule has 5 nitrogen and oxygen atoms in total. The number of benzene rings is 1. The van der Waals surface area contributed by atoms with E-state index in [0.717, 1.165) is 31.1 Å². The van der Waals surface area contributed by atoms with E-state index >= 15 is 0 Å². The Balaban J connectivity index is 1.73. The molecule has 20 heavy (non-hydrogen) atoms. The minimum absolute atomic E-state index is 0.276. The van der Waals surface area contributed by atoms with Crippen LogP contribution in [-0.4, -0.2) is 66.2 Å². The number of hydrogen-bond donors (Lipinski definition) is 2. The van der Waals surface area contributed by atoms with Crippen LogP contribution in [0.2, 0.25) is 0 Å². The van der Waals surface area contributed by atoms with Crippen molar-refractivity contribution in [3.05, 3.63) is 24.3 Å². The zero-order valence-corrected chi connectivity index (χ0v) is 12.6. The van der Waals surface area contributed by atoms with Gasteiger partial charge in [0.15, 0.2) is 4.90 Å². The predicted octanol–water partition coefficient (Wildman–Crippen LogP) is 0.0689. The molecule has 0 saturated carbocycles. The van der Waals surface area contributed by atoms with Crippen LogP contribution in [0.3, 0.4) is 0 Å². The van der Waals surface area contributed by atoms with Crippen molar-refractivity contribution in [3.8, 4) is 5.75 Å². The van der Waals surface area contributed by atoms with Gasteiger partial charge in [-0.1, -0.05) is 0 Å². The summed E-state index contributed by atoms with van der Waals surface area (Å²) in [5.41, 5.74) is 0. The molecule has 1 aromatic rings. The number of nitrogens with zero attached hydrogens (tertiary/aromatic N) is 1. The highest BCUT2D eigenvalue weighted by atomic mass is 32.2. The van der Waals surface area contributed by atoms with Crippen molar-refractivity contribution in [2.24, 2.45) is 0 Å². The molecule has 2 unspecified atom stereocenters. The number of ether oxygens (including phenoxy) is 1. The first-order chi connectivity index (χ1) is 9.65. The Hall–Kier alpha value is -0.790. The van der Waals surface area contributed by atoms with E-state index in [-0.39, 0.29) is 6.61 Å². The normalized spacial score (nSPS) is 19.6. The Morgan fingerprint density at radius 1 is 1.35 bits per heavy atom. The molecule has 1 aromatic carbocycles. The summed E-state index contributed by atoms with van der Waals surface area (Å²) in [6.07, 6.45) is 1.15. The van der Waals surface area contributed by atoms with E-state index in [1.165, 1.54) is 0 Å². The molecule has 0 spiro atoms. The van der Waals surface area contributed by atoms with Gasteiger partial charge in [0.2, 0.25) is 0 Å². The fraction of sp³-hybridized carbons (Fsp3) is 0.571. The van der Waals surface area contributed by atoms with Gasteiger partial charge in [0.05, 0.1) is 0 Å². The molecule has 1 aliphatic rings. The molecule has 6 heteroatoms. The molecular weight excluding hydrogens is 276 g/mol. The van der Waals surface area contributed by atoms with Gasteiger partial charge in [0, 0.05) is 32.7 Å². The number of β-amino-alcohol motifs (C(OH)–C–C–N with tert-alkyl or cyclic N) is 1. The number of aliphatic hydroxyl groups excluding tert-OH is 1. The summed E-state index contributed by atoms with van der Waals surface area (Å²) in [5, 5.41) is 13.3. The predicted molar refractivity (Wildman–Crippen MR) is 79.6 cm³/mol. The minimum atomic E-state index is -0.972. The molecule has 0 bridgehead atoms. The lowest BCUT2D eigenvalue weighted by atomic mass is 10.3. The Morgan fingerprint density at radius 2 is 2.00 bits per heavy atom. The van der Waals surface area contributed by atoms with Crippen LogP contribution < -0.4 is 10.1 Å². The average molecular weight is 298 g/mol.